The molecule has 0 bridgehead atoms. The zero-order valence-corrected chi connectivity index (χ0v) is 11.7. The maximum atomic E-state index is 13.7. The summed E-state index contributed by atoms with van der Waals surface area (Å²) in [5.74, 6) is -1.90. The fraction of sp³-hybridized carbons (Fsp3) is 0.333. The van der Waals surface area contributed by atoms with Crippen LogP contribution >= 0.6 is 0 Å². The van der Waals surface area contributed by atoms with Crippen molar-refractivity contribution in [3.05, 3.63) is 42.2 Å². The van der Waals surface area contributed by atoms with E-state index in [1.807, 2.05) is 0 Å². The molecule has 112 valence electrons. The fourth-order valence-corrected chi connectivity index (χ4v) is 3.89. The van der Waals surface area contributed by atoms with Crippen molar-refractivity contribution >= 4 is 10.0 Å². The molecule has 0 aliphatic carbocycles. The highest BCUT2D eigenvalue weighted by Crippen LogP contribution is 2.27. The molecular formula is C12H12F2N4O2S. The standard InChI is InChI=1S/C12H12F2N4O2S/c13-9-1-2-12(11(14)7-9)21(19,20)17-6-3-10(8-17)18-15-4-5-16-18/h1-2,4-5,7,10H,3,6,8H2. The number of rotatable bonds is 3. The highest BCUT2D eigenvalue weighted by Gasteiger charge is 2.35. The molecular weight excluding hydrogens is 302 g/mol. The topological polar surface area (TPSA) is 68.1 Å². The molecule has 9 heteroatoms. The third-order valence-electron chi connectivity index (χ3n) is 3.40. The van der Waals surface area contributed by atoms with Gasteiger partial charge in [-0.25, -0.2) is 17.2 Å². The van der Waals surface area contributed by atoms with Gasteiger partial charge in [-0.3, -0.25) is 0 Å². The van der Waals surface area contributed by atoms with Crippen LogP contribution in [0.15, 0.2) is 35.5 Å². The Morgan fingerprint density at radius 3 is 2.57 bits per heavy atom. The van der Waals surface area contributed by atoms with E-state index in [0.29, 0.717) is 12.5 Å². The van der Waals surface area contributed by atoms with Crippen molar-refractivity contribution in [2.24, 2.45) is 0 Å². The zero-order chi connectivity index (χ0) is 15.0. The lowest BCUT2D eigenvalue weighted by Crippen LogP contribution is -2.30. The fourth-order valence-electron chi connectivity index (χ4n) is 2.36. The lowest BCUT2D eigenvalue weighted by Gasteiger charge is -2.16. The third kappa shape index (κ3) is 2.54. The van der Waals surface area contributed by atoms with E-state index < -0.39 is 26.6 Å². The summed E-state index contributed by atoms with van der Waals surface area (Å²) in [6.07, 6.45) is 3.56. The van der Waals surface area contributed by atoms with Crippen molar-refractivity contribution in [2.75, 3.05) is 13.1 Å². The predicted molar refractivity (Wildman–Crippen MR) is 68.8 cm³/mol. The maximum absolute atomic E-state index is 13.7. The average molecular weight is 314 g/mol. The van der Waals surface area contributed by atoms with Crippen molar-refractivity contribution in [1.82, 2.24) is 19.3 Å². The quantitative estimate of drug-likeness (QED) is 0.853. The monoisotopic (exact) mass is 314 g/mol. The molecule has 6 nitrogen and oxygen atoms in total. The molecule has 0 saturated carbocycles. The highest BCUT2D eigenvalue weighted by molar-refractivity contribution is 7.89. The number of halogens is 2. The Kier molecular flexibility index (Phi) is 3.46. The van der Waals surface area contributed by atoms with E-state index in [0.717, 1.165) is 16.4 Å². The molecule has 1 aliphatic heterocycles. The van der Waals surface area contributed by atoms with Crippen molar-refractivity contribution in [2.45, 2.75) is 17.4 Å². The summed E-state index contributed by atoms with van der Waals surface area (Å²) >= 11 is 0. The van der Waals surface area contributed by atoms with E-state index in [1.165, 1.54) is 17.2 Å². The second-order valence-electron chi connectivity index (χ2n) is 4.73. The Labute approximate surface area is 120 Å². The first-order valence-electron chi connectivity index (χ1n) is 6.29. The number of benzene rings is 1. The number of aromatic nitrogens is 3. The molecule has 1 aromatic heterocycles. The second-order valence-corrected chi connectivity index (χ2v) is 6.64. The van der Waals surface area contributed by atoms with Crippen LogP contribution in [-0.4, -0.2) is 40.8 Å². The predicted octanol–water partition coefficient (Wildman–Crippen LogP) is 1.19. The SMILES string of the molecule is O=S(=O)(c1ccc(F)cc1F)N1CCC(n2nccn2)C1. The highest BCUT2D eigenvalue weighted by atomic mass is 32.2. The maximum Gasteiger partial charge on any atom is 0.246 e. The number of hydrogen-bond acceptors (Lipinski definition) is 4. The van der Waals surface area contributed by atoms with E-state index in [-0.39, 0.29) is 19.1 Å². The normalized spacial score (nSPS) is 20.0. The van der Waals surface area contributed by atoms with Crippen molar-refractivity contribution in [3.63, 3.8) is 0 Å². The number of sulfonamides is 1. The zero-order valence-electron chi connectivity index (χ0n) is 10.9. The van der Waals surface area contributed by atoms with Gasteiger partial charge < -0.3 is 0 Å². The van der Waals surface area contributed by atoms with Crippen LogP contribution in [0.25, 0.3) is 0 Å². The van der Waals surface area contributed by atoms with Gasteiger partial charge in [0.1, 0.15) is 16.5 Å². The summed E-state index contributed by atoms with van der Waals surface area (Å²) in [5, 5.41) is 7.95. The van der Waals surface area contributed by atoms with Gasteiger partial charge >= 0.3 is 0 Å². The van der Waals surface area contributed by atoms with Gasteiger partial charge in [-0.05, 0) is 18.6 Å². The summed E-state index contributed by atoms with van der Waals surface area (Å²) < 4.78 is 52.5. The first-order chi connectivity index (χ1) is 9.98. The minimum Gasteiger partial charge on any atom is -0.207 e. The van der Waals surface area contributed by atoms with E-state index in [9.17, 15) is 17.2 Å². The lowest BCUT2D eigenvalue weighted by molar-refractivity contribution is 0.401. The summed E-state index contributed by atoms with van der Waals surface area (Å²) in [6.45, 7) is 0.402. The minimum atomic E-state index is -3.99. The Morgan fingerprint density at radius 1 is 1.19 bits per heavy atom. The number of nitrogens with zero attached hydrogens (tertiary/aromatic N) is 4. The van der Waals surface area contributed by atoms with Gasteiger partial charge in [0.15, 0.2) is 0 Å². The van der Waals surface area contributed by atoms with E-state index in [4.69, 9.17) is 0 Å². The lowest BCUT2D eigenvalue weighted by atomic mass is 10.3. The molecule has 0 radical (unpaired) electrons. The first kappa shape index (κ1) is 14.1. The molecule has 0 spiro atoms. The third-order valence-corrected chi connectivity index (χ3v) is 5.30. The minimum absolute atomic E-state index is 0.161. The van der Waals surface area contributed by atoms with Gasteiger partial charge in [0.05, 0.1) is 18.4 Å². The average Bonchev–Trinajstić information content (AvgIpc) is 3.09. The van der Waals surface area contributed by atoms with Crippen LogP contribution in [0.4, 0.5) is 8.78 Å². The number of hydrogen-bond donors (Lipinski definition) is 0. The van der Waals surface area contributed by atoms with Crippen LogP contribution in [-0.2, 0) is 10.0 Å². The van der Waals surface area contributed by atoms with E-state index in [2.05, 4.69) is 10.2 Å². The van der Waals surface area contributed by atoms with Crippen molar-refractivity contribution in [1.29, 1.82) is 0 Å². The summed E-state index contributed by atoms with van der Waals surface area (Å²) in [4.78, 5) is 0.925. The van der Waals surface area contributed by atoms with Crippen LogP contribution < -0.4 is 0 Å². The Bertz CT molecular complexity index is 749. The summed E-state index contributed by atoms with van der Waals surface area (Å²) in [7, 11) is -3.99. The molecule has 1 atom stereocenters. The van der Waals surface area contributed by atoms with Gasteiger partial charge in [0, 0.05) is 19.2 Å². The van der Waals surface area contributed by atoms with Crippen LogP contribution in [0.2, 0.25) is 0 Å². The summed E-state index contributed by atoms with van der Waals surface area (Å²) in [6, 6.07) is 2.26. The molecule has 1 fully saturated rings. The van der Waals surface area contributed by atoms with Gasteiger partial charge in [0.25, 0.3) is 0 Å². The van der Waals surface area contributed by atoms with Gasteiger partial charge in [-0.15, -0.1) is 0 Å². The van der Waals surface area contributed by atoms with Crippen molar-refractivity contribution < 1.29 is 17.2 Å². The van der Waals surface area contributed by atoms with Crippen molar-refractivity contribution in [3.8, 4) is 0 Å². The summed E-state index contributed by atoms with van der Waals surface area (Å²) in [5.41, 5.74) is 0. The van der Waals surface area contributed by atoms with E-state index in [1.54, 1.807) is 0 Å². The molecule has 1 saturated heterocycles. The molecule has 1 aliphatic rings. The van der Waals surface area contributed by atoms with Gasteiger partial charge in [-0.2, -0.15) is 19.3 Å². The molecule has 0 amide bonds. The Hall–Kier alpha value is -1.87. The van der Waals surface area contributed by atoms with E-state index >= 15 is 0 Å². The van der Waals surface area contributed by atoms with Gasteiger partial charge in [-0.1, -0.05) is 0 Å². The molecule has 3 rings (SSSR count). The molecule has 21 heavy (non-hydrogen) atoms. The second kappa shape index (κ2) is 5.15. The Morgan fingerprint density at radius 2 is 1.90 bits per heavy atom. The van der Waals surface area contributed by atoms with Crippen LogP contribution in [0.1, 0.15) is 12.5 Å². The molecule has 1 aromatic carbocycles. The Balaban J connectivity index is 1.86. The molecule has 2 aromatic rings. The molecule has 0 N–H and O–H groups in total. The van der Waals surface area contributed by atoms with Crippen LogP contribution in [0, 0.1) is 11.6 Å². The van der Waals surface area contributed by atoms with Gasteiger partial charge in [0.2, 0.25) is 10.0 Å². The smallest absolute Gasteiger partial charge is 0.207 e. The van der Waals surface area contributed by atoms with Crippen LogP contribution in [0.5, 0.6) is 0 Å². The molecule has 1 unspecified atom stereocenters. The largest absolute Gasteiger partial charge is 0.246 e. The first-order valence-corrected chi connectivity index (χ1v) is 7.73. The van der Waals surface area contributed by atoms with Crippen LogP contribution in [0.3, 0.4) is 0 Å². The molecule has 2 heterocycles.